The molecule has 0 unspecified atom stereocenters. The van der Waals surface area contributed by atoms with Crippen molar-refractivity contribution < 1.29 is 55.6 Å². The molecule has 125 valence electrons. The molecular formula is C12H20CoO8. The molecule has 0 aliphatic carbocycles. The van der Waals surface area contributed by atoms with Crippen LogP contribution in [0.2, 0.25) is 0 Å². The summed E-state index contributed by atoms with van der Waals surface area (Å²) in [5, 5.41) is 16.3. The van der Waals surface area contributed by atoms with Gasteiger partial charge in [0.2, 0.25) is 0 Å². The van der Waals surface area contributed by atoms with Gasteiger partial charge >= 0.3 is 23.9 Å². The van der Waals surface area contributed by atoms with E-state index >= 15 is 0 Å². The van der Waals surface area contributed by atoms with E-state index in [0.717, 1.165) is 0 Å². The first-order valence-electron chi connectivity index (χ1n) is 5.90. The molecule has 9 heteroatoms. The minimum atomic E-state index is -0.885. The van der Waals surface area contributed by atoms with E-state index in [9.17, 15) is 19.2 Å². The molecule has 1 radical (unpaired) electrons. The Kier molecular flexibility index (Phi) is 19.1. The van der Waals surface area contributed by atoms with Gasteiger partial charge in [0.15, 0.2) is 0 Å². The van der Waals surface area contributed by atoms with Crippen molar-refractivity contribution in [3.8, 4) is 0 Å². The zero-order chi connectivity index (χ0) is 16.0. The van der Waals surface area contributed by atoms with E-state index in [0.29, 0.717) is 12.8 Å². The summed E-state index contributed by atoms with van der Waals surface area (Å²) in [7, 11) is 2.56. The van der Waals surface area contributed by atoms with Crippen molar-refractivity contribution in [1.82, 2.24) is 0 Å². The quantitative estimate of drug-likeness (QED) is 0.616. The van der Waals surface area contributed by atoms with Crippen molar-refractivity contribution in [3.63, 3.8) is 0 Å². The fourth-order valence-electron chi connectivity index (χ4n) is 0.972. The first kappa shape index (κ1) is 24.4. The molecule has 0 atom stereocenters. The molecule has 2 N–H and O–H groups in total. The maximum absolute atomic E-state index is 10.4. The Hall–Kier alpha value is -1.61. The number of methoxy groups -OCH3 is 2. The zero-order valence-electron chi connectivity index (χ0n) is 11.9. The fraction of sp³-hybridized carbons (Fsp3) is 0.667. The van der Waals surface area contributed by atoms with Crippen LogP contribution in [-0.2, 0) is 45.4 Å². The summed E-state index contributed by atoms with van der Waals surface area (Å²) >= 11 is 0. The number of ether oxygens (including phenoxy) is 2. The van der Waals surface area contributed by atoms with E-state index in [-0.39, 0.29) is 54.4 Å². The number of rotatable bonds is 8. The Morgan fingerprint density at radius 3 is 1.19 bits per heavy atom. The van der Waals surface area contributed by atoms with E-state index in [1.54, 1.807) is 0 Å². The average molecular weight is 351 g/mol. The summed E-state index contributed by atoms with van der Waals surface area (Å²) in [6, 6.07) is 0. The van der Waals surface area contributed by atoms with Crippen molar-refractivity contribution in [2.45, 2.75) is 38.5 Å². The van der Waals surface area contributed by atoms with Crippen LogP contribution < -0.4 is 0 Å². The predicted molar refractivity (Wildman–Crippen MR) is 67.0 cm³/mol. The summed E-state index contributed by atoms with van der Waals surface area (Å²) < 4.78 is 8.60. The van der Waals surface area contributed by atoms with E-state index in [2.05, 4.69) is 9.47 Å². The second-order valence-electron chi connectivity index (χ2n) is 3.65. The smallest absolute Gasteiger partial charge is 0.305 e. The molecule has 0 aromatic heterocycles. The van der Waals surface area contributed by atoms with Crippen molar-refractivity contribution in [3.05, 3.63) is 0 Å². The van der Waals surface area contributed by atoms with Gasteiger partial charge in [-0.3, -0.25) is 19.2 Å². The number of carbonyl (C=O) groups excluding carboxylic acids is 2. The predicted octanol–water partition coefficient (Wildman–Crippen LogP) is 0.826. The van der Waals surface area contributed by atoms with Crippen LogP contribution in [0.3, 0.4) is 0 Å². The normalized spacial score (nSPS) is 8.48. The van der Waals surface area contributed by atoms with Gasteiger partial charge in [0.25, 0.3) is 0 Å². The summed E-state index contributed by atoms with van der Waals surface area (Å²) in [5.41, 5.74) is 0. The number of esters is 2. The largest absolute Gasteiger partial charge is 0.481 e. The van der Waals surface area contributed by atoms with Crippen molar-refractivity contribution in [1.29, 1.82) is 0 Å². The van der Waals surface area contributed by atoms with Crippen molar-refractivity contribution in [2.24, 2.45) is 0 Å². The van der Waals surface area contributed by atoms with Gasteiger partial charge in [-0.1, -0.05) is 0 Å². The first-order valence-corrected chi connectivity index (χ1v) is 5.90. The molecule has 0 fully saturated rings. The van der Waals surface area contributed by atoms with Crippen LogP contribution in [0.4, 0.5) is 0 Å². The number of hydrogen-bond donors (Lipinski definition) is 2. The molecule has 0 heterocycles. The van der Waals surface area contributed by atoms with Gasteiger partial charge in [0.05, 0.1) is 14.2 Å². The van der Waals surface area contributed by atoms with E-state index in [1.807, 2.05) is 0 Å². The average Bonchev–Trinajstić information content (AvgIpc) is 2.38. The summed E-state index contributed by atoms with van der Waals surface area (Å²) in [6.45, 7) is 0. The molecule has 0 aromatic carbocycles. The third-order valence-corrected chi connectivity index (χ3v) is 2.00. The SMILES string of the molecule is COC(=O)CCCC(=O)O.COC(=O)CCCC(=O)O.[Co]. The molecule has 0 saturated carbocycles. The van der Waals surface area contributed by atoms with E-state index in [4.69, 9.17) is 10.2 Å². The van der Waals surface area contributed by atoms with E-state index in [1.165, 1.54) is 14.2 Å². The molecule has 0 aliphatic rings. The van der Waals surface area contributed by atoms with Gasteiger partial charge < -0.3 is 19.7 Å². The second-order valence-corrected chi connectivity index (χ2v) is 3.65. The number of hydrogen-bond acceptors (Lipinski definition) is 6. The minimum Gasteiger partial charge on any atom is -0.481 e. The summed E-state index contributed by atoms with van der Waals surface area (Å²) in [5.74, 6) is -2.49. The first-order chi connectivity index (χ1) is 9.33. The second kappa shape index (κ2) is 16.4. The maximum Gasteiger partial charge on any atom is 0.305 e. The molecular weight excluding hydrogens is 331 g/mol. The molecule has 0 bridgehead atoms. The number of carbonyl (C=O) groups is 4. The van der Waals surface area contributed by atoms with Crippen molar-refractivity contribution in [2.75, 3.05) is 14.2 Å². The van der Waals surface area contributed by atoms with Crippen LogP contribution >= 0.6 is 0 Å². The number of carboxylic acids is 2. The molecule has 0 saturated heterocycles. The van der Waals surface area contributed by atoms with E-state index < -0.39 is 11.9 Å². The van der Waals surface area contributed by atoms with Crippen LogP contribution in [0.1, 0.15) is 38.5 Å². The van der Waals surface area contributed by atoms with Gasteiger partial charge in [-0.15, -0.1) is 0 Å². The molecule has 0 amide bonds. The monoisotopic (exact) mass is 351 g/mol. The molecule has 0 aromatic rings. The van der Waals surface area contributed by atoms with Gasteiger partial charge in [-0.05, 0) is 12.8 Å². The van der Waals surface area contributed by atoms with Gasteiger partial charge in [-0.25, -0.2) is 0 Å². The maximum atomic E-state index is 10.4. The Morgan fingerprint density at radius 1 is 0.714 bits per heavy atom. The molecule has 0 spiro atoms. The molecule has 8 nitrogen and oxygen atoms in total. The van der Waals surface area contributed by atoms with Gasteiger partial charge in [0.1, 0.15) is 0 Å². The Labute approximate surface area is 133 Å². The summed E-state index contributed by atoms with van der Waals surface area (Å²) in [4.78, 5) is 40.6. The number of aliphatic carboxylic acids is 2. The third-order valence-electron chi connectivity index (χ3n) is 2.00. The standard InChI is InChI=1S/2C6H10O4.Co/c2*1-10-6(9)4-2-3-5(7)8;/h2*2-4H2,1H3,(H,7,8);. The minimum absolute atomic E-state index is 0. The van der Waals surface area contributed by atoms with Gasteiger partial charge in [-0.2, -0.15) is 0 Å². The molecule has 0 aliphatic heterocycles. The zero-order valence-corrected chi connectivity index (χ0v) is 13.0. The molecule has 0 rings (SSSR count). The molecule has 21 heavy (non-hydrogen) atoms. The third kappa shape index (κ3) is 23.9. The van der Waals surface area contributed by atoms with Crippen molar-refractivity contribution >= 4 is 23.9 Å². The van der Waals surface area contributed by atoms with Crippen LogP contribution in [-0.4, -0.2) is 48.3 Å². The van der Waals surface area contributed by atoms with Gasteiger partial charge in [0, 0.05) is 42.5 Å². The Morgan fingerprint density at radius 2 is 1.00 bits per heavy atom. The Balaban J connectivity index is -0.000000295. The van der Waals surface area contributed by atoms with Crippen LogP contribution in [0.15, 0.2) is 0 Å². The van der Waals surface area contributed by atoms with Crippen LogP contribution in [0.25, 0.3) is 0 Å². The fourth-order valence-corrected chi connectivity index (χ4v) is 0.972. The topological polar surface area (TPSA) is 127 Å². The number of carboxylic acid groups (broad SMARTS) is 2. The Bertz CT molecular complexity index is 297. The van der Waals surface area contributed by atoms with Crippen LogP contribution in [0.5, 0.6) is 0 Å². The summed E-state index contributed by atoms with van der Waals surface area (Å²) in [6.07, 6.45) is 1.11. The van der Waals surface area contributed by atoms with Crippen LogP contribution in [0, 0.1) is 0 Å².